The molecule has 0 aliphatic rings. The van der Waals surface area contributed by atoms with E-state index in [0.29, 0.717) is 5.69 Å². The summed E-state index contributed by atoms with van der Waals surface area (Å²) in [4.78, 5) is 0.917. The van der Waals surface area contributed by atoms with Crippen LogP contribution in [0.25, 0.3) is 0 Å². The van der Waals surface area contributed by atoms with E-state index in [0.717, 1.165) is 16.2 Å². The van der Waals surface area contributed by atoms with Gasteiger partial charge in [-0.25, -0.2) is 0 Å². The number of benzene rings is 1. The topological polar surface area (TPSA) is 39.2 Å². The third-order valence-electron chi connectivity index (χ3n) is 1.95. The van der Waals surface area contributed by atoms with Gasteiger partial charge in [0.1, 0.15) is 5.76 Å². The highest BCUT2D eigenvalue weighted by atomic mass is 32.1. The van der Waals surface area contributed by atoms with Gasteiger partial charge in [-0.1, -0.05) is 18.1 Å². The SMILES string of the molecule is C#Cc1ccccc1N.Cc1occc1S. The Morgan fingerprint density at radius 1 is 1.31 bits per heavy atom. The summed E-state index contributed by atoms with van der Waals surface area (Å²) in [6.07, 6.45) is 6.74. The van der Waals surface area contributed by atoms with E-state index in [1.165, 1.54) is 0 Å². The van der Waals surface area contributed by atoms with E-state index >= 15 is 0 Å². The van der Waals surface area contributed by atoms with Crippen LogP contribution >= 0.6 is 12.6 Å². The summed E-state index contributed by atoms with van der Waals surface area (Å²) in [5.41, 5.74) is 6.92. The number of thiol groups is 1. The number of anilines is 1. The van der Waals surface area contributed by atoms with Crippen LogP contribution in [0, 0.1) is 19.3 Å². The molecule has 1 aromatic carbocycles. The van der Waals surface area contributed by atoms with Crippen molar-refractivity contribution in [3.8, 4) is 12.3 Å². The van der Waals surface area contributed by atoms with E-state index in [-0.39, 0.29) is 0 Å². The summed E-state index contributed by atoms with van der Waals surface area (Å²) in [7, 11) is 0. The fraction of sp³-hybridized carbons (Fsp3) is 0.0769. The van der Waals surface area contributed by atoms with E-state index in [9.17, 15) is 0 Å². The number of terminal acetylenes is 1. The van der Waals surface area contributed by atoms with Crippen LogP contribution in [-0.4, -0.2) is 0 Å². The molecule has 2 nitrogen and oxygen atoms in total. The molecular weight excluding hydrogens is 218 g/mol. The Morgan fingerprint density at radius 2 is 2.00 bits per heavy atom. The maximum absolute atomic E-state index is 5.49. The Hall–Kier alpha value is -1.79. The molecule has 0 saturated heterocycles. The van der Waals surface area contributed by atoms with Gasteiger partial charge in [-0.15, -0.1) is 19.1 Å². The number of nitrogens with two attached hydrogens (primary N) is 1. The quantitative estimate of drug-likeness (QED) is 0.415. The number of hydrogen-bond acceptors (Lipinski definition) is 3. The number of hydrogen-bond donors (Lipinski definition) is 2. The van der Waals surface area contributed by atoms with Crippen LogP contribution in [-0.2, 0) is 0 Å². The minimum atomic E-state index is 0.667. The molecule has 0 unspecified atom stereocenters. The first-order chi connectivity index (χ1) is 7.65. The van der Waals surface area contributed by atoms with Crippen LogP contribution < -0.4 is 5.73 Å². The van der Waals surface area contributed by atoms with Crippen molar-refractivity contribution in [2.24, 2.45) is 0 Å². The predicted octanol–water partition coefficient (Wildman–Crippen LogP) is 3.13. The standard InChI is InChI=1S/C8H7N.C5H6OS/c1-2-7-5-3-4-6-8(7)9;1-4-5(7)2-3-6-4/h1,3-6H,9H2;2-3,7H,1H3. The largest absolute Gasteiger partial charge is 0.468 e. The van der Waals surface area contributed by atoms with Gasteiger partial charge in [0.15, 0.2) is 0 Å². The van der Waals surface area contributed by atoms with Crippen molar-refractivity contribution in [3.05, 3.63) is 47.9 Å². The Balaban J connectivity index is 0.000000165. The molecule has 0 aliphatic carbocycles. The molecule has 0 fully saturated rings. The lowest BCUT2D eigenvalue weighted by Crippen LogP contribution is -1.87. The van der Waals surface area contributed by atoms with Crippen LogP contribution in [0.3, 0.4) is 0 Å². The van der Waals surface area contributed by atoms with Crippen molar-refractivity contribution in [2.45, 2.75) is 11.8 Å². The molecule has 2 rings (SSSR count). The third kappa shape index (κ3) is 3.41. The zero-order valence-corrected chi connectivity index (χ0v) is 9.87. The molecule has 82 valence electrons. The summed E-state index contributed by atoms with van der Waals surface area (Å²) >= 11 is 4.06. The number of rotatable bonds is 0. The highest BCUT2D eigenvalue weighted by Crippen LogP contribution is 2.11. The number of furan rings is 1. The molecule has 0 radical (unpaired) electrons. The molecule has 1 aromatic heterocycles. The molecule has 0 amide bonds. The van der Waals surface area contributed by atoms with E-state index in [4.69, 9.17) is 16.6 Å². The summed E-state index contributed by atoms with van der Waals surface area (Å²) in [6.45, 7) is 1.88. The van der Waals surface area contributed by atoms with E-state index in [1.54, 1.807) is 12.3 Å². The van der Waals surface area contributed by atoms with E-state index in [1.807, 2.05) is 31.2 Å². The lowest BCUT2D eigenvalue weighted by atomic mass is 10.2. The van der Waals surface area contributed by atoms with E-state index < -0.39 is 0 Å². The van der Waals surface area contributed by atoms with Gasteiger partial charge in [-0.3, -0.25) is 0 Å². The molecular formula is C13H13NOS. The monoisotopic (exact) mass is 231 g/mol. The molecule has 1 heterocycles. The molecule has 0 bridgehead atoms. The molecule has 2 N–H and O–H groups in total. The molecule has 0 saturated carbocycles. The highest BCUT2D eigenvalue weighted by Gasteiger charge is 1.90. The van der Waals surface area contributed by atoms with Crippen molar-refractivity contribution in [3.63, 3.8) is 0 Å². The van der Waals surface area contributed by atoms with Crippen molar-refractivity contribution in [2.75, 3.05) is 5.73 Å². The Labute approximate surface area is 101 Å². The van der Waals surface area contributed by atoms with Crippen LogP contribution in [0.4, 0.5) is 5.69 Å². The third-order valence-corrected chi connectivity index (χ3v) is 2.41. The van der Waals surface area contributed by atoms with Crippen molar-refractivity contribution < 1.29 is 4.42 Å². The van der Waals surface area contributed by atoms with Gasteiger partial charge < -0.3 is 10.2 Å². The maximum Gasteiger partial charge on any atom is 0.113 e. The van der Waals surface area contributed by atoms with Gasteiger partial charge in [0.2, 0.25) is 0 Å². The predicted molar refractivity (Wildman–Crippen MR) is 69.5 cm³/mol. The second kappa shape index (κ2) is 5.94. The van der Waals surface area contributed by atoms with Gasteiger partial charge in [0.05, 0.1) is 6.26 Å². The Morgan fingerprint density at radius 3 is 2.31 bits per heavy atom. The molecule has 0 aliphatic heterocycles. The first kappa shape index (κ1) is 12.3. The zero-order valence-electron chi connectivity index (χ0n) is 8.97. The Kier molecular flexibility index (Phi) is 4.56. The van der Waals surface area contributed by atoms with Crippen LogP contribution in [0.1, 0.15) is 11.3 Å². The van der Waals surface area contributed by atoms with Gasteiger partial charge >= 0.3 is 0 Å². The average Bonchev–Trinajstić information content (AvgIpc) is 2.65. The molecule has 3 heteroatoms. The molecule has 0 spiro atoms. The van der Waals surface area contributed by atoms with Gasteiger partial charge in [-0.05, 0) is 25.1 Å². The minimum Gasteiger partial charge on any atom is -0.468 e. The minimum absolute atomic E-state index is 0.667. The van der Waals surface area contributed by atoms with Gasteiger partial charge in [-0.2, -0.15) is 0 Å². The van der Waals surface area contributed by atoms with Gasteiger partial charge in [0, 0.05) is 16.1 Å². The lowest BCUT2D eigenvalue weighted by molar-refractivity contribution is 0.527. The van der Waals surface area contributed by atoms with Crippen LogP contribution in [0.15, 0.2) is 45.9 Å². The first-order valence-corrected chi connectivity index (χ1v) is 5.14. The highest BCUT2D eigenvalue weighted by molar-refractivity contribution is 7.80. The van der Waals surface area contributed by atoms with Crippen molar-refractivity contribution >= 4 is 18.3 Å². The summed E-state index contributed by atoms with van der Waals surface area (Å²) in [6, 6.07) is 9.14. The second-order valence-electron chi connectivity index (χ2n) is 3.09. The fourth-order valence-corrected chi connectivity index (χ4v) is 1.12. The molecule has 2 aromatic rings. The van der Waals surface area contributed by atoms with Crippen molar-refractivity contribution in [1.82, 2.24) is 0 Å². The van der Waals surface area contributed by atoms with Crippen LogP contribution in [0.2, 0.25) is 0 Å². The first-order valence-electron chi connectivity index (χ1n) is 4.69. The zero-order chi connectivity index (χ0) is 12.0. The molecule has 0 atom stereocenters. The van der Waals surface area contributed by atoms with Crippen LogP contribution in [0.5, 0.6) is 0 Å². The maximum atomic E-state index is 5.49. The molecule has 16 heavy (non-hydrogen) atoms. The van der Waals surface area contributed by atoms with Crippen molar-refractivity contribution in [1.29, 1.82) is 0 Å². The van der Waals surface area contributed by atoms with E-state index in [2.05, 4.69) is 18.5 Å². The Bertz CT molecular complexity index is 480. The average molecular weight is 231 g/mol. The lowest BCUT2D eigenvalue weighted by Gasteiger charge is -1.93. The normalized spacial score (nSPS) is 8.81. The number of nitrogen functional groups attached to an aromatic ring is 1. The summed E-state index contributed by atoms with van der Waals surface area (Å²) in [5.74, 6) is 3.35. The number of aryl methyl sites for hydroxylation is 1. The second-order valence-corrected chi connectivity index (χ2v) is 3.58. The van der Waals surface area contributed by atoms with Gasteiger partial charge in [0.25, 0.3) is 0 Å². The summed E-state index contributed by atoms with van der Waals surface area (Å²) < 4.78 is 4.89. The fourth-order valence-electron chi connectivity index (χ4n) is 1.01. The number of para-hydroxylation sites is 1. The summed E-state index contributed by atoms with van der Waals surface area (Å²) in [5, 5.41) is 0. The smallest absolute Gasteiger partial charge is 0.113 e.